The van der Waals surface area contributed by atoms with Crippen LogP contribution in [0.1, 0.15) is 21.5 Å². The van der Waals surface area contributed by atoms with E-state index in [0.717, 1.165) is 16.9 Å². The molecule has 0 heterocycles. The molecule has 1 N–H and O–H groups in total. The van der Waals surface area contributed by atoms with E-state index in [0.29, 0.717) is 30.2 Å². The Balaban J connectivity index is 1.04. The second-order valence-electron chi connectivity index (χ2n) is 9.36. The Bertz CT molecular complexity index is 1730. The number of amides is 1. The van der Waals surface area contributed by atoms with Crippen LogP contribution in [0.2, 0.25) is 0 Å². The average Bonchev–Trinajstić information content (AvgIpc) is 3.00. The van der Waals surface area contributed by atoms with E-state index in [4.69, 9.17) is 9.47 Å². The predicted octanol–water partition coefficient (Wildman–Crippen LogP) is 8.40. The maximum Gasteiger partial charge on any atom is 0.255 e. The third-order valence-electron chi connectivity index (χ3n) is 6.78. The first kappa shape index (κ1) is 24.3. The number of hydrogen-bond donors (Lipinski definition) is 1. The molecule has 4 heteroatoms. The van der Waals surface area contributed by atoms with Crippen LogP contribution in [0.5, 0.6) is 11.5 Å². The summed E-state index contributed by atoms with van der Waals surface area (Å²) in [6.07, 6.45) is 0. The van der Waals surface area contributed by atoms with Gasteiger partial charge in [-0.25, -0.2) is 0 Å². The standard InChI is InChI=1S/C35H27NO3/c37-35(27-15-19-31(20-16-27)38-23-28-11-5-9-25-7-1-3-13-33(25)28)36-30-17-21-32(22-18-30)39-24-29-12-6-10-26-8-2-4-14-34(26)29/h1-22H,23-24H2,(H,36,37). The molecule has 6 aromatic rings. The van der Waals surface area contributed by atoms with Crippen LogP contribution in [0.25, 0.3) is 21.5 Å². The van der Waals surface area contributed by atoms with E-state index in [-0.39, 0.29) is 5.91 Å². The molecule has 4 nitrogen and oxygen atoms in total. The molecule has 0 aliphatic heterocycles. The maximum absolute atomic E-state index is 12.8. The second-order valence-corrected chi connectivity index (χ2v) is 9.36. The van der Waals surface area contributed by atoms with Gasteiger partial charge in [0.25, 0.3) is 5.91 Å². The molecule has 0 bridgehead atoms. The van der Waals surface area contributed by atoms with Crippen molar-refractivity contribution in [2.24, 2.45) is 0 Å². The Labute approximate surface area is 227 Å². The lowest BCUT2D eigenvalue weighted by atomic mass is 10.1. The van der Waals surface area contributed by atoms with Crippen molar-refractivity contribution in [3.63, 3.8) is 0 Å². The van der Waals surface area contributed by atoms with Gasteiger partial charge in [-0.15, -0.1) is 0 Å². The van der Waals surface area contributed by atoms with Gasteiger partial charge in [0.05, 0.1) is 0 Å². The Hall–Kier alpha value is -5.09. The summed E-state index contributed by atoms with van der Waals surface area (Å²) in [6, 6.07) is 43.6. The van der Waals surface area contributed by atoms with Crippen molar-refractivity contribution in [3.8, 4) is 11.5 Å². The number of anilines is 1. The molecule has 0 radical (unpaired) electrons. The van der Waals surface area contributed by atoms with E-state index in [1.165, 1.54) is 21.5 Å². The number of ether oxygens (including phenoxy) is 2. The molecule has 0 aliphatic carbocycles. The zero-order chi connectivity index (χ0) is 26.4. The largest absolute Gasteiger partial charge is 0.489 e. The molecule has 0 spiro atoms. The van der Waals surface area contributed by atoms with Crippen molar-refractivity contribution < 1.29 is 14.3 Å². The van der Waals surface area contributed by atoms with Crippen molar-refractivity contribution in [1.29, 1.82) is 0 Å². The Morgan fingerprint density at radius 2 is 0.974 bits per heavy atom. The average molecular weight is 510 g/mol. The smallest absolute Gasteiger partial charge is 0.255 e. The van der Waals surface area contributed by atoms with Crippen molar-refractivity contribution in [2.75, 3.05) is 5.32 Å². The lowest BCUT2D eigenvalue weighted by molar-refractivity contribution is 0.102. The normalized spacial score (nSPS) is 10.9. The van der Waals surface area contributed by atoms with Gasteiger partial charge in [-0.05, 0) is 81.2 Å². The summed E-state index contributed by atoms with van der Waals surface area (Å²) in [5, 5.41) is 7.70. The van der Waals surface area contributed by atoms with Gasteiger partial charge in [0.2, 0.25) is 0 Å². The molecule has 6 aromatic carbocycles. The number of carbonyl (C=O) groups excluding carboxylic acids is 1. The van der Waals surface area contributed by atoms with Crippen LogP contribution in [0, 0.1) is 0 Å². The molecule has 0 fully saturated rings. The van der Waals surface area contributed by atoms with Crippen LogP contribution in [-0.2, 0) is 13.2 Å². The fraction of sp³-hybridized carbons (Fsp3) is 0.0571. The second kappa shape index (κ2) is 11.1. The molecule has 0 saturated heterocycles. The Morgan fingerprint density at radius 3 is 1.51 bits per heavy atom. The molecule has 0 aliphatic rings. The minimum absolute atomic E-state index is 0.181. The molecular weight excluding hydrogens is 482 g/mol. The summed E-state index contributed by atoms with van der Waals surface area (Å²) in [7, 11) is 0. The lowest BCUT2D eigenvalue weighted by Gasteiger charge is -2.11. The van der Waals surface area contributed by atoms with Crippen LogP contribution in [0.15, 0.2) is 133 Å². The van der Waals surface area contributed by atoms with E-state index in [1.807, 2.05) is 72.8 Å². The summed E-state index contributed by atoms with van der Waals surface area (Å²) in [6.45, 7) is 0.934. The van der Waals surface area contributed by atoms with Gasteiger partial charge < -0.3 is 14.8 Å². The molecule has 0 atom stereocenters. The van der Waals surface area contributed by atoms with Crippen molar-refractivity contribution in [3.05, 3.63) is 150 Å². The minimum Gasteiger partial charge on any atom is -0.489 e. The minimum atomic E-state index is -0.181. The van der Waals surface area contributed by atoms with E-state index in [2.05, 4.69) is 53.8 Å². The van der Waals surface area contributed by atoms with Crippen LogP contribution in [0.3, 0.4) is 0 Å². The van der Waals surface area contributed by atoms with Gasteiger partial charge in [0, 0.05) is 11.3 Å². The molecule has 1 amide bonds. The van der Waals surface area contributed by atoms with E-state index < -0.39 is 0 Å². The highest BCUT2D eigenvalue weighted by Crippen LogP contribution is 2.23. The number of benzene rings is 6. The quantitative estimate of drug-likeness (QED) is 0.224. The van der Waals surface area contributed by atoms with Gasteiger partial charge in [-0.1, -0.05) is 84.9 Å². The topological polar surface area (TPSA) is 47.6 Å². The third kappa shape index (κ3) is 5.60. The zero-order valence-electron chi connectivity index (χ0n) is 21.3. The van der Waals surface area contributed by atoms with E-state index in [1.54, 1.807) is 12.1 Å². The first-order valence-electron chi connectivity index (χ1n) is 12.9. The van der Waals surface area contributed by atoms with Gasteiger partial charge >= 0.3 is 0 Å². The van der Waals surface area contributed by atoms with Gasteiger partial charge in [0.1, 0.15) is 24.7 Å². The Morgan fingerprint density at radius 1 is 0.513 bits per heavy atom. The number of hydrogen-bond acceptors (Lipinski definition) is 3. The molecule has 39 heavy (non-hydrogen) atoms. The summed E-state index contributed by atoms with van der Waals surface area (Å²) in [4.78, 5) is 12.8. The highest BCUT2D eigenvalue weighted by molar-refractivity contribution is 6.04. The van der Waals surface area contributed by atoms with E-state index >= 15 is 0 Å². The number of rotatable bonds is 8. The third-order valence-corrected chi connectivity index (χ3v) is 6.78. The molecule has 0 saturated carbocycles. The van der Waals surface area contributed by atoms with Crippen molar-refractivity contribution in [1.82, 2.24) is 0 Å². The SMILES string of the molecule is O=C(Nc1ccc(OCc2cccc3ccccc23)cc1)c1ccc(OCc2cccc3ccccc23)cc1. The summed E-state index contributed by atoms with van der Waals surface area (Å²) >= 11 is 0. The Kier molecular flexibility index (Phi) is 6.91. The molecule has 0 unspecified atom stereocenters. The van der Waals surface area contributed by atoms with E-state index in [9.17, 15) is 4.79 Å². The van der Waals surface area contributed by atoms with Crippen LogP contribution in [0.4, 0.5) is 5.69 Å². The maximum atomic E-state index is 12.8. The fourth-order valence-corrected chi connectivity index (χ4v) is 4.70. The van der Waals surface area contributed by atoms with Crippen LogP contribution in [-0.4, -0.2) is 5.91 Å². The molecule has 6 rings (SSSR count). The molecule has 190 valence electrons. The summed E-state index contributed by atoms with van der Waals surface area (Å²) in [5.74, 6) is 1.28. The number of nitrogens with one attached hydrogen (secondary N) is 1. The summed E-state index contributed by atoms with van der Waals surface area (Å²) < 4.78 is 12.0. The summed E-state index contributed by atoms with van der Waals surface area (Å²) in [5.41, 5.74) is 3.52. The highest BCUT2D eigenvalue weighted by Gasteiger charge is 2.08. The number of carbonyl (C=O) groups is 1. The number of fused-ring (bicyclic) bond motifs is 2. The lowest BCUT2D eigenvalue weighted by Crippen LogP contribution is -2.11. The molecule has 0 aromatic heterocycles. The van der Waals surface area contributed by atoms with Gasteiger partial charge in [-0.3, -0.25) is 4.79 Å². The first-order chi connectivity index (χ1) is 19.2. The van der Waals surface area contributed by atoms with Crippen LogP contribution < -0.4 is 14.8 Å². The zero-order valence-corrected chi connectivity index (χ0v) is 21.3. The molecular formula is C35H27NO3. The first-order valence-corrected chi connectivity index (χ1v) is 12.9. The van der Waals surface area contributed by atoms with Crippen molar-refractivity contribution >= 4 is 33.1 Å². The van der Waals surface area contributed by atoms with Crippen molar-refractivity contribution in [2.45, 2.75) is 13.2 Å². The van der Waals surface area contributed by atoms with Gasteiger partial charge in [-0.2, -0.15) is 0 Å². The predicted molar refractivity (Wildman–Crippen MR) is 157 cm³/mol. The monoisotopic (exact) mass is 509 g/mol. The van der Waals surface area contributed by atoms with Gasteiger partial charge in [0.15, 0.2) is 0 Å². The fourth-order valence-electron chi connectivity index (χ4n) is 4.70. The van der Waals surface area contributed by atoms with Crippen LogP contribution >= 0.6 is 0 Å². The highest BCUT2D eigenvalue weighted by atomic mass is 16.5.